The molecule has 1 aliphatic rings. The average Bonchev–Trinajstić information content (AvgIpc) is 2.68. The maximum absolute atomic E-state index is 11.3. The van der Waals surface area contributed by atoms with E-state index in [-0.39, 0.29) is 16.5 Å². The Bertz CT molecular complexity index is 972. The van der Waals surface area contributed by atoms with Gasteiger partial charge in [0.2, 0.25) is 11.7 Å². The molecule has 2 aromatic rings. The molecule has 0 aliphatic carbocycles. The number of carbonyl (C=O) groups excluding carboxylic acids is 1. The number of nitrogens with zero attached hydrogens (tertiary/aromatic N) is 3. The summed E-state index contributed by atoms with van der Waals surface area (Å²) < 4.78 is 0. The normalized spacial score (nSPS) is 14.1. The van der Waals surface area contributed by atoms with Crippen LogP contribution in [-0.4, -0.2) is 28.9 Å². The molecule has 29 heavy (non-hydrogen) atoms. The molecule has 2 heterocycles. The highest BCUT2D eigenvalue weighted by Crippen LogP contribution is 2.29. The van der Waals surface area contributed by atoms with E-state index in [9.17, 15) is 14.9 Å². The molecular weight excluding hydrogens is 368 g/mol. The van der Waals surface area contributed by atoms with E-state index in [4.69, 9.17) is 0 Å². The Morgan fingerprint density at radius 2 is 2.00 bits per heavy atom. The number of aromatic nitrogens is 1. The van der Waals surface area contributed by atoms with Crippen molar-refractivity contribution in [2.45, 2.75) is 26.7 Å². The van der Waals surface area contributed by atoms with Gasteiger partial charge in [-0.1, -0.05) is 35.9 Å². The topological polar surface area (TPSA) is 88.4 Å². The molecule has 1 aliphatic heterocycles. The summed E-state index contributed by atoms with van der Waals surface area (Å²) in [5.74, 6) is 0.364. The zero-order chi connectivity index (χ0) is 20.8. The van der Waals surface area contributed by atoms with Crippen LogP contribution in [0, 0.1) is 17.0 Å². The van der Waals surface area contributed by atoms with Crippen molar-refractivity contribution >= 4 is 29.2 Å². The van der Waals surface area contributed by atoms with Gasteiger partial charge in [-0.05, 0) is 43.5 Å². The number of benzene rings is 1. The highest BCUT2D eigenvalue weighted by molar-refractivity contribution is 5.89. The SMILES string of the molecule is CC(=O)Nc1cccc(C=CC=C2CCN(c3nc(C)ccc3[N+](=O)[O-])CC2)c1. The Kier molecular flexibility index (Phi) is 6.39. The number of nitrogens with one attached hydrogen (secondary N) is 1. The first-order valence-electron chi connectivity index (χ1n) is 9.53. The van der Waals surface area contributed by atoms with Gasteiger partial charge >= 0.3 is 5.69 Å². The predicted molar refractivity (Wildman–Crippen MR) is 115 cm³/mol. The van der Waals surface area contributed by atoms with Crippen LogP contribution in [0.4, 0.5) is 17.2 Å². The number of pyridine rings is 1. The number of rotatable bonds is 5. The highest BCUT2D eigenvalue weighted by atomic mass is 16.6. The van der Waals surface area contributed by atoms with Crippen LogP contribution in [-0.2, 0) is 4.79 Å². The van der Waals surface area contributed by atoms with Gasteiger partial charge in [-0.15, -0.1) is 0 Å². The molecule has 0 atom stereocenters. The number of hydrogen-bond donors (Lipinski definition) is 1. The zero-order valence-electron chi connectivity index (χ0n) is 16.6. The molecule has 0 unspecified atom stereocenters. The van der Waals surface area contributed by atoms with E-state index in [2.05, 4.69) is 16.4 Å². The number of amides is 1. The summed E-state index contributed by atoms with van der Waals surface area (Å²) in [7, 11) is 0. The molecular formula is C22H24N4O3. The van der Waals surface area contributed by atoms with E-state index < -0.39 is 0 Å². The number of anilines is 2. The second-order valence-electron chi connectivity index (χ2n) is 7.03. The smallest absolute Gasteiger partial charge is 0.311 e. The van der Waals surface area contributed by atoms with Gasteiger partial charge < -0.3 is 10.2 Å². The predicted octanol–water partition coefficient (Wildman–Crippen LogP) is 4.50. The lowest BCUT2D eigenvalue weighted by Gasteiger charge is -2.29. The van der Waals surface area contributed by atoms with E-state index in [0.717, 1.165) is 29.8 Å². The van der Waals surface area contributed by atoms with Crippen LogP contribution in [0.5, 0.6) is 0 Å². The fraction of sp³-hybridized carbons (Fsp3) is 0.273. The number of carbonyl (C=O) groups is 1. The van der Waals surface area contributed by atoms with E-state index in [1.54, 1.807) is 6.07 Å². The molecule has 0 spiro atoms. The maximum Gasteiger partial charge on any atom is 0.311 e. The van der Waals surface area contributed by atoms with E-state index >= 15 is 0 Å². The number of piperidine rings is 1. The first-order chi connectivity index (χ1) is 13.9. The lowest BCUT2D eigenvalue weighted by Crippen LogP contribution is -2.32. The summed E-state index contributed by atoms with van der Waals surface area (Å²) in [6.07, 6.45) is 7.77. The van der Waals surface area contributed by atoms with Gasteiger partial charge in [0.15, 0.2) is 0 Å². The number of allylic oxidation sites excluding steroid dienone is 2. The van der Waals surface area contributed by atoms with Gasteiger partial charge in [-0.2, -0.15) is 0 Å². The Morgan fingerprint density at radius 3 is 2.69 bits per heavy atom. The lowest BCUT2D eigenvalue weighted by molar-refractivity contribution is -0.384. The van der Waals surface area contributed by atoms with Crippen molar-refractivity contribution in [2.75, 3.05) is 23.3 Å². The molecule has 7 heteroatoms. The summed E-state index contributed by atoms with van der Waals surface area (Å²) in [5, 5.41) is 14.1. The van der Waals surface area contributed by atoms with E-state index in [1.165, 1.54) is 18.6 Å². The van der Waals surface area contributed by atoms with E-state index in [0.29, 0.717) is 18.9 Å². The molecule has 0 bridgehead atoms. The third kappa shape index (κ3) is 5.51. The van der Waals surface area contributed by atoms with Crippen LogP contribution in [0.15, 0.2) is 54.1 Å². The summed E-state index contributed by atoms with van der Waals surface area (Å²) in [5.41, 5.74) is 3.90. The van der Waals surface area contributed by atoms with Crippen LogP contribution >= 0.6 is 0 Å². The van der Waals surface area contributed by atoms with Crippen LogP contribution in [0.25, 0.3) is 6.08 Å². The lowest BCUT2D eigenvalue weighted by atomic mass is 10.0. The molecule has 1 fully saturated rings. The standard InChI is InChI=1S/C22H24N4O3/c1-16-9-10-21(26(28)29)22(23-16)25-13-11-18(12-14-25)5-3-6-19-7-4-8-20(15-19)24-17(2)27/h3-10,15H,11-14H2,1-2H3,(H,24,27). The van der Waals surface area contributed by atoms with Gasteiger partial charge in [-0.25, -0.2) is 4.98 Å². The second kappa shape index (κ2) is 9.14. The van der Waals surface area contributed by atoms with Crippen molar-refractivity contribution in [2.24, 2.45) is 0 Å². The van der Waals surface area contributed by atoms with Crippen LogP contribution < -0.4 is 10.2 Å². The molecule has 3 rings (SSSR count). The molecule has 0 saturated carbocycles. The number of nitro groups is 1. The minimum atomic E-state index is -0.370. The molecule has 1 saturated heterocycles. The minimum absolute atomic E-state index is 0.0574. The van der Waals surface area contributed by atoms with Crippen molar-refractivity contribution in [1.82, 2.24) is 4.98 Å². The highest BCUT2D eigenvalue weighted by Gasteiger charge is 2.23. The molecule has 1 aromatic carbocycles. The molecule has 0 radical (unpaired) electrons. The molecule has 7 nitrogen and oxygen atoms in total. The van der Waals surface area contributed by atoms with Gasteiger partial charge in [0.25, 0.3) is 0 Å². The van der Waals surface area contributed by atoms with Crippen LogP contribution in [0.1, 0.15) is 31.0 Å². The Labute approximate surface area is 169 Å². The van der Waals surface area contributed by atoms with Crippen molar-refractivity contribution in [3.8, 4) is 0 Å². The first kappa shape index (κ1) is 20.3. The number of aryl methyl sites for hydroxylation is 1. The fourth-order valence-corrected chi connectivity index (χ4v) is 3.30. The second-order valence-corrected chi connectivity index (χ2v) is 7.03. The minimum Gasteiger partial charge on any atom is -0.350 e. The maximum atomic E-state index is 11.3. The molecule has 150 valence electrons. The third-order valence-corrected chi connectivity index (χ3v) is 4.72. The Balaban J connectivity index is 1.63. The van der Waals surface area contributed by atoms with Gasteiger partial charge in [0.05, 0.1) is 4.92 Å². The summed E-state index contributed by atoms with van der Waals surface area (Å²) >= 11 is 0. The summed E-state index contributed by atoms with van der Waals surface area (Å²) in [4.78, 5) is 28.5. The molecule has 1 N–H and O–H groups in total. The third-order valence-electron chi connectivity index (χ3n) is 4.72. The first-order valence-corrected chi connectivity index (χ1v) is 9.53. The Hall–Kier alpha value is -3.48. The quantitative estimate of drug-likeness (QED) is 0.598. The summed E-state index contributed by atoms with van der Waals surface area (Å²) in [6, 6.07) is 10.8. The van der Waals surface area contributed by atoms with Crippen molar-refractivity contribution in [3.63, 3.8) is 0 Å². The average molecular weight is 392 g/mol. The number of hydrogen-bond acceptors (Lipinski definition) is 5. The zero-order valence-corrected chi connectivity index (χ0v) is 16.6. The molecule has 1 amide bonds. The van der Waals surface area contributed by atoms with Gasteiger partial charge in [0.1, 0.15) is 0 Å². The van der Waals surface area contributed by atoms with Gasteiger partial charge in [0, 0.05) is 37.5 Å². The summed E-state index contributed by atoms with van der Waals surface area (Å²) in [6.45, 7) is 4.73. The van der Waals surface area contributed by atoms with Crippen molar-refractivity contribution < 1.29 is 9.72 Å². The van der Waals surface area contributed by atoms with Crippen LogP contribution in [0.3, 0.4) is 0 Å². The van der Waals surface area contributed by atoms with Crippen molar-refractivity contribution in [3.05, 3.63) is 75.5 Å². The monoisotopic (exact) mass is 392 g/mol. The Morgan fingerprint density at radius 1 is 1.24 bits per heavy atom. The fourth-order valence-electron chi connectivity index (χ4n) is 3.30. The van der Waals surface area contributed by atoms with Crippen molar-refractivity contribution in [1.29, 1.82) is 0 Å². The molecule has 1 aromatic heterocycles. The van der Waals surface area contributed by atoms with Crippen LogP contribution in [0.2, 0.25) is 0 Å². The van der Waals surface area contributed by atoms with Gasteiger partial charge in [-0.3, -0.25) is 14.9 Å². The van der Waals surface area contributed by atoms with E-state index in [1.807, 2.05) is 48.2 Å². The largest absolute Gasteiger partial charge is 0.350 e.